The van der Waals surface area contributed by atoms with E-state index in [9.17, 15) is 4.79 Å². The first-order valence-corrected chi connectivity index (χ1v) is 6.20. The van der Waals surface area contributed by atoms with Crippen LogP contribution >= 0.6 is 0 Å². The number of aromatic nitrogens is 2. The number of aromatic amines is 1. The zero-order valence-electron chi connectivity index (χ0n) is 9.97. The Hall–Kier alpha value is -1.12. The van der Waals surface area contributed by atoms with Gasteiger partial charge in [-0.1, -0.05) is 13.8 Å². The molecule has 1 aromatic rings. The molecule has 1 unspecified atom stereocenters. The largest absolute Gasteiger partial charge is 0.310 e. The van der Waals surface area contributed by atoms with Crippen LogP contribution in [0.5, 0.6) is 0 Å². The van der Waals surface area contributed by atoms with Crippen LogP contribution in [-0.2, 0) is 12.8 Å². The lowest BCUT2D eigenvalue weighted by Gasteiger charge is -2.14. The summed E-state index contributed by atoms with van der Waals surface area (Å²) in [7, 11) is 0. The lowest BCUT2D eigenvalue weighted by atomic mass is 9.97. The van der Waals surface area contributed by atoms with Crippen LogP contribution in [0, 0.1) is 5.41 Å². The Labute approximate surface area is 95.3 Å². The maximum absolute atomic E-state index is 11.9. The van der Waals surface area contributed by atoms with E-state index in [1.165, 1.54) is 6.42 Å². The first-order valence-electron chi connectivity index (χ1n) is 6.20. The molecule has 1 saturated carbocycles. The van der Waals surface area contributed by atoms with Crippen LogP contribution in [0.15, 0.2) is 4.79 Å². The fraction of sp³-hybridized carbons (Fsp3) is 0.692. The number of nitrogens with zero attached hydrogens (tertiary/aromatic N) is 1. The quantitative estimate of drug-likeness (QED) is 0.785. The third-order valence-corrected chi connectivity index (χ3v) is 4.05. The molecule has 1 aromatic heterocycles. The molecule has 1 atom stereocenters. The van der Waals surface area contributed by atoms with Crippen molar-refractivity contribution in [2.45, 2.75) is 51.9 Å². The molecular weight excluding hydrogens is 200 g/mol. The van der Waals surface area contributed by atoms with Crippen molar-refractivity contribution in [3.8, 4) is 0 Å². The van der Waals surface area contributed by atoms with Crippen LogP contribution < -0.4 is 5.56 Å². The van der Waals surface area contributed by atoms with E-state index in [2.05, 4.69) is 23.8 Å². The minimum atomic E-state index is 0.113. The van der Waals surface area contributed by atoms with Gasteiger partial charge < -0.3 is 4.98 Å². The van der Waals surface area contributed by atoms with E-state index in [1.807, 2.05) is 0 Å². The van der Waals surface area contributed by atoms with Gasteiger partial charge in [-0.25, -0.2) is 4.98 Å². The summed E-state index contributed by atoms with van der Waals surface area (Å²) in [5.41, 5.74) is 2.45. The topological polar surface area (TPSA) is 45.8 Å². The number of H-pyrrole nitrogens is 1. The van der Waals surface area contributed by atoms with Gasteiger partial charge in [0.25, 0.3) is 5.56 Å². The zero-order chi connectivity index (χ0) is 11.3. The van der Waals surface area contributed by atoms with Crippen molar-refractivity contribution in [2.75, 3.05) is 0 Å². The van der Waals surface area contributed by atoms with Crippen molar-refractivity contribution >= 4 is 0 Å². The molecule has 0 aliphatic heterocycles. The van der Waals surface area contributed by atoms with Crippen molar-refractivity contribution in [3.63, 3.8) is 0 Å². The summed E-state index contributed by atoms with van der Waals surface area (Å²) in [6.07, 6.45) is 5.35. The van der Waals surface area contributed by atoms with Crippen LogP contribution in [0.2, 0.25) is 0 Å². The van der Waals surface area contributed by atoms with Crippen LogP contribution in [-0.4, -0.2) is 9.97 Å². The van der Waals surface area contributed by atoms with Gasteiger partial charge in [0.1, 0.15) is 5.82 Å². The van der Waals surface area contributed by atoms with Crippen LogP contribution in [0.3, 0.4) is 0 Å². The van der Waals surface area contributed by atoms with Crippen LogP contribution in [0.25, 0.3) is 0 Å². The van der Waals surface area contributed by atoms with Crippen molar-refractivity contribution in [3.05, 3.63) is 27.4 Å². The third-order valence-electron chi connectivity index (χ3n) is 4.05. The minimum absolute atomic E-state index is 0.113. The van der Waals surface area contributed by atoms with E-state index in [4.69, 9.17) is 0 Å². The second-order valence-electron chi connectivity index (χ2n) is 5.83. The number of hydrogen-bond acceptors (Lipinski definition) is 2. The van der Waals surface area contributed by atoms with Gasteiger partial charge >= 0.3 is 0 Å². The highest BCUT2D eigenvalue weighted by Gasteiger charge is 2.48. The Kier molecular flexibility index (Phi) is 2.00. The molecule has 1 N–H and O–H groups in total. The molecular formula is C13H18N2O. The van der Waals surface area contributed by atoms with Crippen LogP contribution in [0.4, 0.5) is 0 Å². The molecule has 3 nitrogen and oxygen atoms in total. The Morgan fingerprint density at radius 2 is 2.00 bits per heavy atom. The Balaban J connectivity index is 2.03. The summed E-state index contributed by atoms with van der Waals surface area (Å²) in [6, 6.07) is 0. The second-order valence-corrected chi connectivity index (χ2v) is 5.83. The van der Waals surface area contributed by atoms with Gasteiger partial charge in [-0.3, -0.25) is 4.79 Å². The fourth-order valence-electron chi connectivity index (χ4n) is 2.72. The Morgan fingerprint density at radius 1 is 1.31 bits per heavy atom. The average Bonchev–Trinajstić information content (AvgIpc) is 2.88. The van der Waals surface area contributed by atoms with Gasteiger partial charge in [-0.15, -0.1) is 0 Å². The summed E-state index contributed by atoms with van der Waals surface area (Å²) in [4.78, 5) is 19.6. The molecule has 1 heterocycles. The highest BCUT2D eigenvalue weighted by molar-refractivity contribution is 5.24. The molecule has 86 valence electrons. The molecule has 3 rings (SSSR count). The van der Waals surface area contributed by atoms with Gasteiger partial charge in [0.2, 0.25) is 0 Å². The van der Waals surface area contributed by atoms with Gasteiger partial charge in [0.15, 0.2) is 0 Å². The summed E-state index contributed by atoms with van der Waals surface area (Å²) >= 11 is 0. The maximum atomic E-state index is 11.9. The van der Waals surface area contributed by atoms with E-state index in [-0.39, 0.29) is 5.56 Å². The van der Waals surface area contributed by atoms with Gasteiger partial charge in [0, 0.05) is 11.5 Å². The number of hydrogen-bond donors (Lipinski definition) is 1. The van der Waals surface area contributed by atoms with Gasteiger partial charge in [0.05, 0.1) is 5.69 Å². The molecule has 3 heteroatoms. The van der Waals surface area contributed by atoms with E-state index in [0.717, 1.165) is 42.8 Å². The zero-order valence-corrected chi connectivity index (χ0v) is 9.97. The molecule has 0 saturated heterocycles. The first-order chi connectivity index (χ1) is 7.58. The molecule has 2 aliphatic rings. The van der Waals surface area contributed by atoms with E-state index in [1.54, 1.807) is 0 Å². The molecule has 0 spiro atoms. The average molecular weight is 218 g/mol. The highest BCUT2D eigenvalue weighted by atomic mass is 16.1. The second kappa shape index (κ2) is 3.19. The summed E-state index contributed by atoms with van der Waals surface area (Å²) < 4.78 is 0. The number of nitrogens with one attached hydrogen (secondary N) is 1. The van der Waals surface area contributed by atoms with E-state index < -0.39 is 0 Å². The molecule has 0 amide bonds. The maximum Gasteiger partial charge on any atom is 0.254 e. The Bertz CT molecular complexity index is 487. The molecule has 0 radical (unpaired) electrons. The molecule has 16 heavy (non-hydrogen) atoms. The molecule has 0 aromatic carbocycles. The van der Waals surface area contributed by atoms with Crippen molar-refractivity contribution < 1.29 is 0 Å². The van der Waals surface area contributed by atoms with Crippen LogP contribution in [0.1, 0.15) is 56.1 Å². The normalized spacial score (nSPS) is 26.2. The number of aryl methyl sites for hydroxylation is 1. The van der Waals surface area contributed by atoms with Gasteiger partial charge in [-0.05, 0) is 37.5 Å². The fourth-order valence-corrected chi connectivity index (χ4v) is 2.72. The summed E-state index contributed by atoms with van der Waals surface area (Å²) in [6.45, 7) is 4.47. The Morgan fingerprint density at radius 3 is 2.69 bits per heavy atom. The molecule has 0 bridgehead atoms. The molecule has 2 aliphatic carbocycles. The first kappa shape index (κ1) is 10.1. The monoisotopic (exact) mass is 218 g/mol. The van der Waals surface area contributed by atoms with Crippen molar-refractivity contribution in [1.82, 2.24) is 9.97 Å². The summed E-state index contributed by atoms with van der Waals surface area (Å²) in [5.74, 6) is 1.39. The van der Waals surface area contributed by atoms with E-state index in [0.29, 0.717) is 11.3 Å². The van der Waals surface area contributed by atoms with E-state index >= 15 is 0 Å². The predicted octanol–water partition coefficient (Wildman–Crippen LogP) is 2.16. The van der Waals surface area contributed by atoms with Gasteiger partial charge in [-0.2, -0.15) is 0 Å². The third kappa shape index (κ3) is 1.49. The smallest absolute Gasteiger partial charge is 0.254 e. The van der Waals surface area contributed by atoms with Crippen molar-refractivity contribution in [1.29, 1.82) is 0 Å². The lowest BCUT2D eigenvalue weighted by molar-refractivity contribution is 0.594. The summed E-state index contributed by atoms with van der Waals surface area (Å²) in [5, 5.41) is 0. The number of rotatable bonds is 1. The lowest BCUT2D eigenvalue weighted by Crippen LogP contribution is -2.23. The SMILES string of the molecule is CC1(C)CC1c1nc2c(c(=O)[nH]1)CCCC2. The minimum Gasteiger partial charge on any atom is -0.310 e. The molecule has 1 fully saturated rings. The van der Waals surface area contributed by atoms with Crippen molar-refractivity contribution in [2.24, 2.45) is 5.41 Å². The predicted molar refractivity (Wildman–Crippen MR) is 62.6 cm³/mol. The number of fused-ring (bicyclic) bond motifs is 1. The highest BCUT2D eigenvalue weighted by Crippen LogP contribution is 2.57. The standard InChI is InChI=1S/C13H18N2O/c1-13(2)7-9(13)11-14-10-6-4-3-5-8(10)12(16)15-11/h9H,3-7H2,1-2H3,(H,14,15,16).